The molecule has 7 saturated carbocycles. The van der Waals surface area contributed by atoms with Crippen molar-refractivity contribution in [1.29, 1.82) is 0 Å². The van der Waals surface area contributed by atoms with E-state index >= 15 is 4.79 Å². The lowest BCUT2D eigenvalue weighted by Crippen LogP contribution is -2.80. The predicted octanol–water partition coefficient (Wildman–Crippen LogP) is 5.46. The first-order valence-corrected chi connectivity index (χ1v) is 24.1. The Morgan fingerprint density at radius 1 is 0.934 bits per heavy atom. The summed E-state index contributed by atoms with van der Waals surface area (Å²) in [6.45, 7) is 7.99. The molecule has 328 valence electrons. The van der Waals surface area contributed by atoms with E-state index in [4.69, 9.17) is 0 Å². The lowest BCUT2D eigenvalue weighted by atomic mass is 9.25. The van der Waals surface area contributed by atoms with Crippen molar-refractivity contribution in [2.45, 2.75) is 160 Å². The molecule has 1 aromatic rings. The number of hydrogen-bond donors (Lipinski definition) is 6. The number of aliphatic hydroxyl groups is 6. The van der Waals surface area contributed by atoms with Crippen molar-refractivity contribution in [2.24, 2.45) is 73.4 Å². The van der Waals surface area contributed by atoms with E-state index in [-0.39, 0.29) is 46.2 Å². The Bertz CT molecular complexity index is 2310. The highest BCUT2D eigenvalue weighted by Gasteiger charge is 2.84. The van der Waals surface area contributed by atoms with Crippen LogP contribution in [0.1, 0.15) is 152 Å². The van der Waals surface area contributed by atoms with Crippen LogP contribution in [0.2, 0.25) is 0 Å². The fourth-order valence-electron chi connectivity index (χ4n) is 19.7. The van der Waals surface area contributed by atoms with Crippen LogP contribution in [0.3, 0.4) is 0 Å². The summed E-state index contributed by atoms with van der Waals surface area (Å²) >= 11 is 0. The maximum atomic E-state index is 16.3. The molecule has 11 aliphatic carbocycles. The number of allylic oxidation sites excluding steroid dienone is 2. The highest BCUT2D eigenvalue weighted by Crippen LogP contribution is 2.85. The van der Waals surface area contributed by atoms with Crippen LogP contribution < -0.4 is 10.4 Å². The number of benzene rings is 1. The lowest BCUT2D eigenvalue weighted by molar-refractivity contribution is -0.321. The van der Waals surface area contributed by atoms with Crippen LogP contribution in [0, 0.1) is 85.3 Å². The molecule has 0 unspecified atom stereocenters. The van der Waals surface area contributed by atoms with Gasteiger partial charge in [-0.15, -0.1) is 5.92 Å². The third-order valence-electron chi connectivity index (χ3n) is 21.7. The van der Waals surface area contributed by atoms with E-state index in [1.165, 1.54) is 0 Å². The summed E-state index contributed by atoms with van der Waals surface area (Å²) < 4.78 is 0. The molecule has 0 saturated heterocycles. The van der Waals surface area contributed by atoms with E-state index in [2.05, 4.69) is 43.9 Å². The normalized spacial score (nSPS) is 50.4. The largest absolute Gasteiger partial charge is 0.394 e. The molecule has 12 rings (SSSR count). The van der Waals surface area contributed by atoms with Gasteiger partial charge in [0.15, 0.2) is 12.1 Å². The number of fused-ring (bicyclic) bond motifs is 7. The fraction of sp³-hybridized carbons (Fsp3) is 0.736. The minimum Gasteiger partial charge on any atom is -0.394 e. The third kappa shape index (κ3) is 4.61. The van der Waals surface area contributed by atoms with Gasteiger partial charge in [-0.05, 0) is 176 Å². The number of hydrogen-bond acceptors (Lipinski definition) is 8. The summed E-state index contributed by atoms with van der Waals surface area (Å²) in [5.74, 6) is 5.65. The molecule has 5 bridgehead atoms. The molecule has 0 aliphatic heterocycles. The number of carbonyl (C=O) groups is 2. The molecule has 8 nitrogen and oxygen atoms in total. The van der Waals surface area contributed by atoms with Gasteiger partial charge in [-0.25, -0.2) is 0 Å². The van der Waals surface area contributed by atoms with E-state index in [1.54, 1.807) is 13.0 Å². The van der Waals surface area contributed by atoms with Crippen molar-refractivity contribution in [3.63, 3.8) is 0 Å². The van der Waals surface area contributed by atoms with Crippen molar-refractivity contribution in [3.8, 4) is 11.8 Å². The molecule has 61 heavy (non-hydrogen) atoms. The highest BCUT2D eigenvalue weighted by molar-refractivity contribution is 5.96. The first-order valence-electron chi connectivity index (χ1n) is 24.1. The first-order chi connectivity index (χ1) is 29.0. The molecule has 0 aromatic heterocycles. The molecular formula is C53H68O8. The van der Waals surface area contributed by atoms with Crippen molar-refractivity contribution in [2.75, 3.05) is 6.61 Å². The second-order valence-electron chi connectivity index (χ2n) is 23.4. The topological polar surface area (TPSA) is 156 Å². The van der Waals surface area contributed by atoms with Gasteiger partial charge in [0.25, 0.3) is 0 Å². The molecule has 0 amide bonds. The van der Waals surface area contributed by atoms with Crippen LogP contribution >= 0.6 is 0 Å². The molecule has 3 spiro atoms. The number of ketones is 1. The number of aldehydes is 1. The maximum absolute atomic E-state index is 16.3. The summed E-state index contributed by atoms with van der Waals surface area (Å²) in [5, 5.41) is 74.3. The molecule has 6 N–H and O–H groups in total. The summed E-state index contributed by atoms with van der Waals surface area (Å²) in [7, 11) is 0. The number of rotatable bonds is 4. The Morgan fingerprint density at radius 2 is 1.69 bits per heavy atom. The number of aliphatic hydroxyl groups excluding tert-OH is 5. The van der Waals surface area contributed by atoms with Crippen LogP contribution in [0.15, 0.2) is 23.8 Å². The fourth-order valence-corrected chi connectivity index (χ4v) is 19.7. The van der Waals surface area contributed by atoms with Gasteiger partial charge < -0.3 is 30.6 Å². The average molecular weight is 833 g/mol. The zero-order valence-corrected chi connectivity index (χ0v) is 36.8. The van der Waals surface area contributed by atoms with E-state index < -0.39 is 69.6 Å². The zero-order valence-electron chi connectivity index (χ0n) is 36.8. The highest BCUT2D eigenvalue weighted by atomic mass is 16.3. The molecule has 0 radical (unpaired) electrons. The van der Waals surface area contributed by atoms with Gasteiger partial charge in [0.1, 0.15) is 5.60 Å². The first kappa shape index (κ1) is 41.1. The van der Waals surface area contributed by atoms with Gasteiger partial charge >= 0.3 is 0 Å². The second kappa shape index (κ2) is 13.0. The number of carbonyl (C=O) groups excluding carboxylic acids is 2. The van der Waals surface area contributed by atoms with Gasteiger partial charge in [-0.1, -0.05) is 57.3 Å². The molecule has 1 aromatic carbocycles. The lowest BCUT2D eigenvalue weighted by Gasteiger charge is -2.79. The van der Waals surface area contributed by atoms with Crippen molar-refractivity contribution in [1.82, 2.24) is 0 Å². The standard InChI is InChI=1S/C53H68O8/c1-30(56)32-21-33-24-37-31(23-35(33)34(22-32)27-54)9-17-50-18-11-41-47(3,43(59)28-55)42(58)12-20-52(37,41)44(50)40(57)25-38-39-26-46(2)13-5-8-16-51(61)19-10-36(48(38,50)4)45(60)53(39,51)49(29-46)14-6-7-15-49/h21-25,27,30-31,36-37,39,41-45,55-56,58-61H,5-7,9-15,17-20,26,28-29H2,1-4H3/t30-,31-,36-,37-,39-,41-,42+,43-,44+,45+,46-,47+,48-,50-,51-,52-,53-/m1/s1. The van der Waals surface area contributed by atoms with Crippen molar-refractivity contribution in [3.05, 3.63) is 45.3 Å². The molecule has 17 atom stereocenters. The average Bonchev–Trinajstić information content (AvgIpc) is 3.69. The SMILES string of the molecule is C[C@@H](O)c1cc(C=O)c2c(c1)=C[C@@H]1[C@@H](C=2)CC[C@@]23CC[C@@H]4[C@](C)([C@H](O)CO)[C@@H](O)CC[C@@]14[C@H]2C(=O)C=C1[C@H]2C[C@@]4(C)CCC#C[C@@]5(O)CC[C@H]([C@H](O)[C@@]25C2(CCCC2)C4)[C@]13C. The Morgan fingerprint density at radius 3 is 2.41 bits per heavy atom. The molecule has 0 heterocycles. The summed E-state index contributed by atoms with van der Waals surface area (Å²) in [4.78, 5) is 29.0. The minimum atomic E-state index is -1.36. The quantitative estimate of drug-likeness (QED) is 0.173. The van der Waals surface area contributed by atoms with E-state index in [9.17, 15) is 35.4 Å². The van der Waals surface area contributed by atoms with E-state index in [0.717, 1.165) is 86.5 Å². The van der Waals surface area contributed by atoms with Crippen molar-refractivity contribution >= 4 is 24.2 Å². The Hall–Kier alpha value is -2.64. The van der Waals surface area contributed by atoms with Gasteiger partial charge in [0.05, 0.1) is 31.0 Å². The van der Waals surface area contributed by atoms with Crippen LogP contribution in [0.5, 0.6) is 0 Å². The third-order valence-corrected chi connectivity index (χ3v) is 21.7. The van der Waals surface area contributed by atoms with Gasteiger partial charge in [-0.2, -0.15) is 0 Å². The summed E-state index contributed by atoms with van der Waals surface area (Å²) in [5.41, 5.74) is -3.23. The Balaban J connectivity index is 1.19. The van der Waals surface area contributed by atoms with Gasteiger partial charge in [0.2, 0.25) is 0 Å². The van der Waals surface area contributed by atoms with Crippen LogP contribution in [0.25, 0.3) is 12.2 Å². The monoisotopic (exact) mass is 832 g/mol. The van der Waals surface area contributed by atoms with E-state index in [0.29, 0.717) is 49.7 Å². The summed E-state index contributed by atoms with van der Waals surface area (Å²) in [6.07, 6.45) is 16.3. The van der Waals surface area contributed by atoms with Crippen molar-refractivity contribution < 1.29 is 40.2 Å². The zero-order chi connectivity index (χ0) is 42.9. The van der Waals surface area contributed by atoms with Gasteiger partial charge in [0, 0.05) is 34.1 Å². The molecule has 11 aliphatic rings. The minimum absolute atomic E-state index is 0.0505. The Labute approximate surface area is 361 Å². The summed E-state index contributed by atoms with van der Waals surface area (Å²) in [6, 6.07) is 3.78. The van der Waals surface area contributed by atoms with Crippen LogP contribution in [0.4, 0.5) is 0 Å². The van der Waals surface area contributed by atoms with E-state index in [1.807, 2.05) is 13.0 Å². The molecular weight excluding hydrogens is 765 g/mol. The molecule has 8 heteroatoms. The molecule has 7 fully saturated rings. The van der Waals surface area contributed by atoms with Gasteiger partial charge in [-0.3, -0.25) is 9.59 Å². The maximum Gasteiger partial charge on any atom is 0.159 e. The second-order valence-corrected chi connectivity index (χ2v) is 23.4. The van der Waals surface area contributed by atoms with Crippen LogP contribution in [-0.2, 0) is 4.79 Å². The predicted molar refractivity (Wildman–Crippen MR) is 230 cm³/mol. The van der Waals surface area contributed by atoms with Crippen LogP contribution in [-0.4, -0.2) is 73.2 Å². The smallest absolute Gasteiger partial charge is 0.159 e. The Kier molecular flexibility index (Phi) is 8.76.